The normalized spacial score (nSPS) is 19.5. The molecule has 1 aromatic heterocycles. The molecule has 1 saturated heterocycles. The number of benzene rings is 2. The van der Waals surface area contributed by atoms with Crippen LogP contribution in [0.2, 0.25) is 5.02 Å². The van der Waals surface area contributed by atoms with Crippen molar-refractivity contribution < 1.29 is 18.6 Å². The van der Waals surface area contributed by atoms with Crippen molar-refractivity contribution in [1.82, 2.24) is 14.8 Å². The second-order valence-corrected chi connectivity index (χ2v) is 8.29. The number of rotatable bonds is 6. The SMILES string of the molecule is C=CC1(c2ccc(F)cc2Cl)CCN(c2nnc(COC)n2-c2ccc3c(c2)OCO3)C1. The van der Waals surface area contributed by atoms with Crippen LogP contribution >= 0.6 is 11.6 Å². The molecule has 2 aliphatic heterocycles. The second-order valence-electron chi connectivity index (χ2n) is 7.88. The standard InChI is InChI=1S/C23H22ClFN4O3/c1-3-23(17-6-4-15(25)10-18(17)24)8-9-28(13-23)22-27-26-21(12-30-2)29(22)16-5-7-19-20(11-16)32-14-31-19/h3-7,10-11H,1,8-9,12-14H2,2H3. The highest BCUT2D eigenvalue weighted by Gasteiger charge is 2.40. The van der Waals surface area contributed by atoms with E-state index in [-0.39, 0.29) is 12.6 Å². The van der Waals surface area contributed by atoms with Gasteiger partial charge >= 0.3 is 0 Å². The van der Waals surface area contributed by atoms with Gasteiger partial charge in [0, 0.05) is 36.7 Å². The highest BCUT2D eigenvalue weighted by atomic mass is 35.5. The number of anilines is 1. The summed E-state index contributed by atoms with van der Waals surface area (Å²) in [6.07, 6.45) is 2.65. The third kappa shape index (κ3) is 3.40. The van der Waals surface area contributed by atoms with Crippen molar-refractivity contribution in [2.45, 2.75) is 18.4 Å². The number of nitrogens with zero attached hydrogens (tertiary/aromatic N) is 4. The number of ether oxygens (including phenoxy) is 3. The summed E-state index contributed by atoms with van der Waals surface area (Å²) >= 11 is 6.42. The van der Waals surface area contributed by atoms with Crippen LogP contribution in [-0.2, 0) is 16.8 Å². The highest BCUT2D eigenvalue weighted by Crippen LogP contribution is 2.42. The van der Waals surface area contributed by atoms with Gasteiger partial charge in [-0.05, 0) is 36.2 Å². The van der Waals surface area contributed by atoms with Gasteiger partial charge in [0.05, 0.1) is 5.69 Å². The van der Waals surface area contributed by atoms with E-state index in [1.807, 2.05) is 28.8 Å². The summed E-state index contributed by atoms with van der Waals surface area (Å²) in [5.41, 5.74) is 1.26. The first-order valence-corrected chi connectivity index (χ1v) is 10.6. The minimum absolute atomic E-state index is 0.200. The molecule has 1 unspecified atom stereocenters. The van der Waals surface area contributed by atoms with Crippen molar-refractivity contribution in [3.8, 4) is 17.2 Å². The quantitative estimate of drug-likeness (QED) is 0.516. The van der Waals surface area contributed by atoms with Gasteiger partial charge in [-0.1, -0.05) is 23.7 Å². The summed E-state index contributed by atoms with van der Waals surface area (Å²) < 4.78 is 31.9. The molecule has 32 heavy (non-hydrogen) atoms. The zero-order valence-electron chi connectivity index (χ0n) is 17.6. The van der Waals surface area contributed by atoms with Gasteiger partial charge in [0.25, 0.3) is 0 Å². The average molecular weight is 457 g/mol. The lowest BCUT2D eigenvalue weighted by Crippen LogP contribution is -2.31. The Bertz CT molecular complexity index is 1180. The van der Waals surface area contributed by atoms with E-state index in [1.54, 1.807) is 13.2 Å². The fourth-order valence-corrected chi connectivity index (χ4v) is 4.77. The van der Waals surface area contributed by atoms with Crippen LogP contribution in [-0.4, -0.2) is 41.8 Å². The third-order valence-electron chi connectivity index (χ3n) is 6.04. The summed E-state index contributed by atoms with van der Waals surface area (Å²) in [4.78, 5) is 2.14. The van der Waals surface area contributed by atoms with E-state index in [2.05, 4.69) is 21.7 Å². The van der Waals surface area contributed by atoms with E-state index < -0.39 is 5.41 Å². The third-order valence-corrected chi connectivity index (χ3v) is 6.36. The van der Waals surface area contributed by atoms with Gasteiger partial charge in [-0.2, -0.15) is 0 Å². The lowest BCUT2D eigenvalue weighted by atomic mass is 9.80. The molecule has 1 atom stereocenters. The van der Waals surface area contributed by atoms with Crippen LogP contribution in [0.25, 0.3) is 5.69 Å². The van der Waals surface area contributed by atoms with Gasteiger partial charge in [-0.15, -0.1) is 16.8 Å². The second kappa shape index (κ2) is 8.11. The fourth-order valence-electron chi connectivity index (χ4n) is 4.42. The summed E-state index contributed by atoms with van der Waals surface area (Å²) in [6.45, 7) is 5.85. The molecule has 3 heterocycles. The number of halogens is 2. The van der Waals surface area contributed by atoms with Crippen LogP contribution in [0.1, 0.15) is 17.8 Å². The Labute approximate surface area is 190 Å². The van der Waals surface area contributed by atoms with Gasteiger partial charge < -0.3 is 19.1 Å². The van der Waals surface area contributed by atoms with Gasteiger partial charge in [-0.25, -0.2) is 4.39 Å². The van der Waals surface area contributed by atoms with Crippen molar-refractivity contribution in [1.29, 1.82) is 0 Å². The van der Waals surface area contributed by atoms with Gasteiger partial charge in [-0.3, -0.25) is 4.57 Å². The van der Waals surface area contributed by atoms with E-state index in [9.17, 15) is 4.39 Å². The maximum atomic E-state index is 13.6. The highest BCUT2D eigenvalue weighted by molar-refractivity contribution is 6.31. The van der Waals surface area contributed by atoms with Crippen molar-refractivity contribution in [3.63, 3.8) is 0 Å². The monoisotopic (exact) mass is 456 g/mol. The summed E-state index contributed by atoms with van der Waals surface area (Å²) in [5, 5.41) is 9.24. The zero-order chi connectivity index (χ0) is 22.3. The van der Waals surface area contributed by atoms with Crippen molar-refractivity contribution in [2.24, 2.45) is 0 Å². The molecule has 2 aliphatic rings. The number of aromatic nitrogens is 3. The van der Waals surface area contributed by atoms with Crippen LogP contribution in [0, 0.1) is 5.82 Å². The van der Waals surface area contributed by atoms with Crippen molar-refractivity contribution in [3.05, 3.63) is 71.3 Å². The summed E-state index contributed by atoms with van der Waals surface area (Å²) in [6, 6.07) is 10.2. The average Bonchev–Trinajstić information content (AvgIpc) is 3.51. The van der Waals surface area contributed by atoms with Crippen LogP contribution in [0.4, 0.5) is 10.3 Å². The van der Waals surface area contributed by atoms with Crippen LogP contribution in [0.5, 0.6) is 11.5 Å². The topological polar surface area (TPSA) is 61.6 Å². The number of fused-ring (bicyclic) bond motifs is 1. The van der Waals surface area contributed by atoms with E-state index in [1.165, 1.54) is 12.1 Å². The van der Waals surface area contributed by atoms with E-state index in [0.29, 0.717) is 48.0 Å². The molecule has 0 N–H and O–H groups in total. The molecule has 7 nitrogen and oxygen atoms in total. The van der Waals surface area contributed by atoms with E-state index in [0.717, 1.165) is 17.7 Å². The minimum Gasteiger partial charge on any atom is -0.454 e. The zero-order valence-corrected chi connectivity index (χ0v) is 18.3. The molecule has 9 heteroatoms. The molecular formula is C23H22ClFN4O3. The molecule has 0 aliphatic carbocycles. The molecule has 1 fully saturated rings. The Kier molecular flexibility index (Phi) is 5.27. The maximum absolute atomic E-state index is 13.6. The smallest absolute Gasteiger partial charge is 0.232 e. The Hall–Kier alpha value is -3.10. The largest absolute Gasteiger partial charge is 0.454 e. The number of methoxy groups -OCH3 is 1. The first-order chi connectivity index (χ1) is 15.5. The molecule has 0 saturated carbocycles. The summed E-state index contributed by atoms with van der Waals surface area (Å²) in [7, 11) is 1.62. The summed E-state index contributed by atoms with van der Waals surface area (Å²) in [5.74, 6) is 2.36. The maximum Gasteiger partial charge on any atom is 0.232 e. The van der Waals surface area contributed by atoms with Crippen LogP contribution in [0.3, 0.4) is 0 Å². The van der Waals surface area contributed by atoms with Gasteiger partial charge in [0.2, 0.25) is 12.7 Å². The van der Waals surface area contributed by atoms with Crippen LogP contribution < -0.4 is 14.4 Å². The molecule has 0 amide bonds. The predicted octanol–water partition coefficient (Wildman–Crippen LogP) is 4.27. The van der Waals surface area contributed by atoms with Gasteiger partial charge in [0.1, 0.15) is 12.4 Å². The molecule has 0 spiro atoms. The molecule has 2 aromatic carbocycles. The molecular weight excluding hydrogens is 435 g/mol. The Morgan fingerprint density at radius 2 is 2.06 bits per heavy atom. The minimum atomic E-state index is -0.433. The Morgan fingerprint density at radius 3 is 2.84 bits per heavy atom. The molecule has 3 aromatic rings. The Balaban J connectivity index is 1.54. The number of hydrogen-bond donors (Lipinski definition) is 0. The first-order valence-electron chi connectivity index (χ1n) is 10.2. The molecule has 5 rings (SSSR count). The van der Waals surface area contributed by atoms with Gasteiger partial charge in [0.15, 0.2) is 17.3 Å². The molecule has 0 bridgehead atoms. The van der Waals surface area contributed by atoms with E-state index >= 15 is 0 Å². The Morgan fingerprint density at radius 1 is 1.22 bits per heavy atom. The van der Waals surface area contributed by atoms with E-state index in [4.69, 9.17) is 25.8 Å². The van der Waals surface area contributed by atoms with Crippen molar-refractivity contribution in [2.75, 3.05) is 31.9 Å². The lowest BCUT2D eigenvalue weighted by Gasteiger charge is -2.27. The fraction of sp³-hybridized carbons (Fsp3) is 0.304. The lowest BCUT2D eigenvalue weighted by molar-refractivity contribution is 0.173. The van der Waals surface area contributed by atoms with Crippen LogP contribution in [0.15, 0.2) is 49.1 Å². The first kappa shape index (κ1) is 20.8. The predicted molar refractivity (Wildman–Crippen MR) is 118 cm³/mol. The molecule has 0 radical (unpaired) electrons. The number of hydrogen-bond acceptors (Lipinski definition) is 6. The van der Waals surface area contributed by atoms with Crippen molar-refractivity contribution >= 4 is 17.5 Å². The molecule has 166 valence electrons.